The third-order valence-corrected chi connectivity index (χ3v) is 4.26. The van der Waals surface area contributed by atoms with Gasteiger partial charge in [0, 0.05) is 8.95 Å². The highest BCUT2D eigenvalue weighted by molar-refractivity contribution is 9.11. The van der Waals surface area contributed by atoms with Gasteiger partial charge in [0.25, 0.3) is 0 Å². The highest BCUT2D eigenvalue weighted by Crippen LogP contribution is 2.31. The largest absolute Gasteiger partial charge is 0.388 e. The van der Waals surface area contributed by atoms with E-state index < -0.39 is 0 Å². The Kier molecular flexibility index (Phi) is 6.01. The lowest BCUT2D eigenvalue weighted by molar-refractivity contribution is 0.163. The second kappa shape index (κ2) is 6.77. The van der Waals surface area contributed by atoms with Crippen molar-refractivity contribution in [2.75, 3.05) is 0 Å². The highest BCUT2D eigenvalue weighted by atomic mass is 79.9. The van der Waals surface area contributed by atoms with E-state index in [9.17, 15) is 5.11 Å². The summed E-state index contributed by atoms with van der Waals surface area (Å²) in [6.45, 7) is 4.22. The van der Waals surface area contributed by atoms with Crippen LogP contribution in [0.15, 0.2) is 21.1 Å². The van der Waals surface area contributed by atoms with E-state index in [1.165, 1.54) is 18.4 Å². The van der Waals surface area contributed by atoms with Gasteiger partial charge in [-0.1, -0.05) is 58.0 Å². The minimum Gasteiger partial charge on any atom is -0.388 e. The van der Waals surface area contributed by atoms with Crippen LogP contribution in [-0.4, -0.2) is 5.11 Å². The molecule has 0 fully saturated rings. The monoisotopic (exact) mass is 348 g/mol. The number of aliphatic hydroxyl groups excluding tert-OH is 1. The van der Waals surface area contributed by atoms with Crippen molar-refractivity contribution in [3.63, 3.8) is 0 Å². The van der Waals surface area contributed by atoms with Crippen molar-refractivity contribution >= 4 is 31.9 Å². The molecule has 1 N–H and O–H groups in total. The van der Waals surface area contributed by atoms with Gasteiger partial charge in [-0.15, -0.1) is 0 Å². The molecule has 1 aromatic rings. The van der Waals surface area contributed by atoms with Crippen molar-refractivity contribution in [1.82, 2.24) is 0 Å². The van der Waals surface area contributed by atoms with Gasteiger partial charge in [0.2, 0.25) is 0 Å². The third kappa shape index (κ3) is 3.86. The van der Waals surface area contributed by atoms with E-state index in [1.54, 1.807) is 0 Å². The number of aliphatic hydroxyl groups is 1. The van der Waals surface area contributed by atoms with Gasteiger partial charge in [-0.2, -0.15) is 0 Å². The fourth-order valence-electron chi connectivity index (χ4n) is 1.66. The summed E-state index contributed by atoms with van der Waals surface area (Å²) in [7, 11) is 0. The molecular weight excluding hydrogens is 332 g/mol. The summed E-state index contributed by atoms with van der Waals surface area (Å²) in [5, 5.41) is 10.1. The smallest absolute Gasteiger partial charge is 0.0801 e. The van der Waals surface area contributed by atoms with Gasteiger partial charge in [0.15, 0.2) is 0 Å². The Hall–Kier alpha value is 0.140. The first kappa shape index (κ1) is 14.2. The molecule has 16 heavy (non-hydrogen) atoms. The van der Waals surface area contributed by atoms with Crippen molar-refractivity contribution in [3.05, 3.63) is 32.2 Å². The van der Waals surface area contributed by atoms with Crippen molar-refractivity contribution in [3.8, 4) is 0 Å². The summed E-state index contributed by atoms with van der Waals surface area (Å²) in [5.41, 5.74) is 2.16. The number of unbranched alkanes of at least 4 members (excludes halogenated alkanes) is 2. The molecule has 0 amide bonds. The van der Waals surface area contributed by atoms with E-state index in [2.05, 4.69) is 38.8 Å². The summed E-state index contributed by atoms with van der Waals surface area (Å²) in [4.78, 5) is 0. The molecule has 0 bridgehead atoms. The molecule has 0 saturated heterocycles. The summed E-state index contributed by atoms with van der Waals surface area (Å²) in [6.07, 6.45) is 3.92. The molecule has 3 heteroatoms. The molecule has 0 spiro atoms. The molecule has 0 radical (unpaired) electrons. The van der Waals surface area contributed by atoms with E-state index in [1.807, 2.05) is 19.1 Å². The maximum absolute atomic E-state index is 10.1. The first-order chi connectivity index (χ1) is 7.56. The van der Waals surface area contributed by atoms with Gasteiger partial charge in [-0.3, -0.25) is 0 Å². The fourth-order valence-corrected chi connectivity index (χ4v) is 2.74. The highest BCUT2D eigenvalue weighted by Gasteiger charge is 2.12. The quantitative estimate of drug-likeness (QED) is 0.730. The van der Waals surface area contributed by atoms with Crippen LogP contribution in [0, 0.1) is 6.92 Å². The topological polar surface area (TPSA) is 20.2 Å². The second-order valence-electron chi connectivity index (χ2n) is 4.13. The molecule has 1 nitrogen and oxygen atoms in total. The third-order valence-electron chi connectivity index (χ3n) is 2.72. The Bertz CT molecular complexity index is 350. The van der Waals surface area contributed by atoms with Crippen LogP contribution in [0.5, 0.6) is 0 Å². The Morgan fingerprint density at radius 2 is 1.88 bits per heavy atom. The number of benzene rings is 1. The van der Waals surface area contributed by atoms with Crippen molar-refractivity contribution in [2.24, 2.45) is 0 Å². The average molecular weight is 350 g/mol. The lowest BCUT2D eigenvalue weighted by Crippen LogP contribution is -1.99. The predicted molar refractivity (Wildman–Crippen MR) is 75.7 cm³/mol. The summed E-state index contributed by atoms with van der Waals surface area (Å²) >= 11 is 7.01. The van der Waals surface area contributed by atoms with E-state index in [4.69, 9.17) is 0 Å². The fraction of sp³-hybridized carbons (Fsp3) is 0.538. The number of rotatable bonds is 5. The Morgan fingerprint density at radius 3 is 2.50 bits per heavy atom. The van der Waals surface area contributed by atoms with Crippen molar-refractivity contribution in [2.45, 2.75) is 45.6 Å². The van der Waals surface area contributed by atoms with Crippen molar-refractivity contribution in [1.29, 1.82) is 0 Å². The van der Waals surface area contributed by atoms with Gasteiger partial charge in [0.05, 0.1) is 6.10 Å². The molecule has 0 aromatic heterocycles. The van der Waals surface area contributed by atoms with E-state index >= 15 is 0 Å². The average Bonchev–Trinajstić information content (AvgIpc) is 2.23. The molecule has 1 rings (SSSR count). The normalized spacial score (nSPS) is 12.8. The molecule has 1 atom stereocenters. The van der Waals surface area contributed by atoms with Crippen LogP contribution in [0.2, 0.25) is 0 Å². The first-order valence-electron chi connectivity index (χ1n) is 5.69. The molecule has 0 aliphatic rings. The van der Waals surface area contributed by atoms with Gasteiger partial charge in [0.1, 0.15) is 0 Å². The SMILES string of the molecule is CCCCCC(O)c1cc(Br)c(C)cc1Br. The zero-order valence-corrected chi connectivity index (χ0v) is 12.9. The number of hydrogen-bond acceptors (Lipinski definition) is 1. The number of hydrogen-bond donors (Lipinski definition) is 1. The maximum atomic E-state index is 10.1. The van der Waals surface area contributed by atoms with E-state index in [0.29, 0.717) is 0 Å². The first-order valence-corrected chi connectivity index (χ1v) is 7.28. The zero-order chi connectivity index (χ0) is 12.1. The Balaban J connectivity index is 2.75. The van der Waals surface area contributed by atoms with Crippen LogP contribution in [0.25, 0.3) is 0 Å². The van der Waals surface area contributed by atoms with Crippen LogP contribution in [0.1, 0.15) is 49.8 Å². The number of aryl methyl sites for hydroxylation is 1. The summed E-state index contributed by atoms with van der Waals surface area (Å²) in [6, 6.07) is 4.05. The Morgan fingerprint density at radius 1 is 1.19 bits per heavy atom. The molecule has 90 valence electrons. The minimum atomic E-state index is -0.363. The molecule has 1 aromatic carbocycles. The van der Waals surface area contributed by atoms with Gasteiger partial charge in [-0.25, -0.2) is 0 Å². The molecule has 0 heterocycles. The molecule has 0 aliphatic heterocycles. The summed E-state index contributed by atoms with van der Waals surface area (Å²) < 4.78 is 2.05. The van der Waals surface area contributed by atoms with Crippen LogP contribution >= 0.6 is 31.9 Å². The second-order valence-corrected chi connectivity index (χ2v) is 5.84. The van der Waals surface area contributed by atoms with Gasteiger partial charge >= 0.3 is 0 Å². The molecule has 0 aliphatic carbocycles. The zero-order valence-electron chi connectivity index (χ0n) is 9.76. The molecule has 0 saturated carbocycles. The predicted octanol–water partition coefficient (Wildman–Crippen LogP) is 5.13. The lowest BCUT2D eigenvalue weighted by Gasteiger charge is -2.14. The van der Waals surface area contributed by atoms with Crippen LogP contribution < -0.4 is 0 Å². The minimum absolute atomic E-state index is 0.363. The molecule has 1 unspecified atom stereocenters. The van der Waals surface area contributed by atoms with Gasteiger partial charge < -0.3 is 5.11 Å². The van der Waals surface area contributed by atoms with Crippen LogP contribution in [-0.2, 0) is 0 Å². The van der Waals surface area contributed by atoms with E-state index in [0.717, 1.165) is 27.4 Å². The summed E-state index contributed by atoms with van der Waals surface area (Å²) in [5.74, 6) is 0. The van der Waals surface area contributed by atoms with Crippen molar-refractivity contribution < 1.29 is 5.11 Å². The number of halogens is 2. The maximum Gasteiger partial charge on any atom is 0.0801 e. The standard InChI is InChI=1S/C13H18Br2O/c1-3-4-5-6-13(16)10-8-11(14)9(2)7-12(10)15/h7-8,13,16H,3-6H2,1-2H3. The van der Waals surface area contributed by atoms with E-state index in [-0.39, 0.29) is 6.10 Å². The van der Waals surface area contributed by atoms with Crippen LogP contribution in [0.4, 0.5) is 0 Å². The van der Waals surface area contributed by atoms with Crippen LogP contribution in [0.3, 0.4) is 0 Å². The Labute approximate surface area is 115 Å². The van der Waals surface area contributed by atoms with Gasteiger partial charge in [-0.05, 0) is 36.6 Å². The molecular formula is C13H18Br2O. The lowest BCUT2D eigenvalue weighted by atomic mass is 10.0.